The third kappa shape index (κ3) is 4.30. The van der Waals surface area contributed by atoms with Crippen molar-refractivity contribution in [3.8, 4) is 17.2 Å². The molecule has 1 heterocycles. The van der Waals surface area contributed by atoms with Crippen molar-refractivity contribution in [2.24, 2.45) is 5.10 Å². The van der Waals surface area contributed by atoms with Gasteiger partial charge in [0.2, 0.25) is 6.79 Å². The van der Waals surface area contributed by atoms with Crippen molar-refractivity contribution >= 4 is 28.1 Å². The molecule has 3 rings (SSSR count). The van der Waals surface area contributed by atoms with E-state index in [0.29, 0.717) is 17.2 Å². The van der Waals surface area contributed by atoms with E-state index in [-0.39, 0.29) is 12.7 Å². The molecule has 0 radical (unpaired) electrons. The van der Waals surface area contributed by atoms with E-state index in [1.807, 2.05) is 31.2 Å². The topological polar surface area (TPSA) is 69.2 Å². The van der Waals surface area contributed by atoms with Gasteiger partial charge in [-0.25, -0.2) is 5.43 Å². The van der Waals surface area contributed by atoms with Gasteiger partial charge in [-0.1, -0.05) is 6.07 Å². The van der Waals surface area contributed by atoms with E-state index in [1.165, 1.54) is 6.21 Å². The Bertz CT molecular complexity index is 823. The van der Waals surface area contributed by atoms with Crippen LogP contribution in [0, 0.1) is 6.92 Å². The lowest BCUT2D eigenvalue weighted by molar-refractivity contribution is -0.127. The first-order valence-electron chi connectivity index (χ1n) is 7.68. The molecule has 0 spiro atoms. The summed E-state index contributed by atoms with van der Waals surface area (Å²) in [6.07, 6.45) is 0.849. The molecule has 1 N–H and O–H groups in total. The minimum Gasteiger partial charge on any atom is -0.480 e. The van der Waals surface area contributed by atoms with Gasteiger partial charge in [0.1, 0.15) is 5.75 Å². The Morgan fingerprint density at radius 3 is 2.88 bits per heavy atom. The zero-order valence-electron chi connectivity index (χ0n) is 13.8. The minimum atomic E-state index is -0.687. The SMILES string of the molecule is Cc1ccc(O[C@@H](C)C(=O)N/N=C\c2ccc3c(c2)OCO3)c(Br)c1. The molecule has 0 saturated heterocycles. The number of nitrogens with one attached hydrogen (secondary N) is 1. The molecule has 2 aromatic rings. The Morgan fingerprint density at radius 2 is 2.08 bits per heavy atom. The molecule has 130 valence electrons. The van der Waals surface area contributed by atoms with Gasteiger partial charge in [-0.05, 0) is 71.2 Å². The van der Waals surface area contributed by atoms with Gasteiger partial charge in [-0.3, -0.25) is 4.79 Å². The largest absolute Gasteiger partial charge is 0.480 e. The number of ether oxygens (including phenoxy) is 3. The summed E-state index contributed by atoms with van der Waals surface area (Å²) in [6.45, 7) is 3.86. The number of rotatable bonds is 5. The van der Waals surface area contributed by atoms with Crippen molar-refractivity contribution in [1.29, 1.82) is 0 Å². The van der Waals surface area contributed by atoms with Gasteiger partial charge in [0.05, 0.1) is 10.7 Å². The smallest absolute Gasteiger partial charge is 0.280 e. The molecule has 1 amide bonds. The second-order valence-electron chi connectivity index (χ2n) is 5.54. The van der Waals surface area contributed by atoms with Crippen LogP contribution in [0.4, 0.5) is 0 Å². The molecule has 1 aliphatic heterocycles. The molecular formula is C18H17BrN2O4. The zero-order chi connectivity index (χ0) is 17.8. The predicted octanol–water partition coefficient (Wildman–Crippen LogP) is 3.40. The van der Waals surface area contributed by atoms with E-state index in [0.717, 1.165) is 15.6 Å². The Labute approximate surface area is 153 Å². The number of fused-ring (bicyclic) bond motifs is 1. The standard InChI is InChI=1S/C18H17BrN2O4/c1-11-3-5-15(14(19)7-11)25-12(2)18(22)21-20-9-13-4-6-16-17(8-13)24-10-23-16/h3-9,12H,10H2,1-2H3,(H,21,22)/b20-9-/t12-/m0/s1. The average Bonchev–Trinajstić information content (AvgIpc) is 3.05. The normalized spacial score (nSPS) is 13.7. The van der Waals surface area contributed by atoms with Gasteiger partial charge < -0.3 is 14.2 Å². The fraction of sp³-hybridized carbons (Fsp3) is 0.222. The van der Waals surface area contributed by atoms with Crippen LogP contribution >= 0.6 is 15.9 Å². The maximum absolute atomic E-state index is 12.1. The van der Waals surface area contributed by atoms with Gasteiger partial charge in [-0.2, -0.15) is 5.10 Å². The Balaban J connectivity index is 1.56. The van der Waals surface area contributed by atoms with Crippen molar-refractivity contribution in [2.75, 3.05) is 6.79 Å². The summed E-state index contributed by atoms with van der Waals surface area (Å²) < 4.78 is 17.0. The molecule has 0 aromatic heterocycles. The highest BCUT2D eigenvalue weighted by molar-refractivity contribution is 9.10. The molecule has 1 aliphatic rings. The van der Waals surface area contributed by atoms with Crippen LogP contribution < -0.4 is 19.6 Å². The molecule has 2 aromatic carbocycles. The highest BCUT2D eigenvalue weighted by Crippen LogP contribution is 2.32. The summed E-state index contributed by atoms with van der Waals surface area (Å²) in [4.78, 5) is 12.1. The summed E-state index contributed by atoms with van der Waals surface area (Å²) in [5, 5.41) is 3.95. The highest BCUT2D eigenvalue weighted by Gasteiger charge is 2.16. The number of hydrogen-bond acceptors (Lipinski definition) is 5. The van der Waals surface area contributed by atoms with Crippen LogP contribution in [0.5, 0.6) is 17.2 Å². The molecule has 25 heavy (non-hydrogen) atoms. The molecular weight excluding hydrogens is 388 g/mol. The second kappa shape index (κ2) is 7.57. The van der Waals surface area contributed by atoms with Crippen molar-refractivity contribution in [3.63, 3.8) is 0 Å². The number of benzene rings is 2. The zero-order valence-corrected chi connectivity index (χ0v) is 15.4. The lowest BCUT2D eigenvalue weighted by Crippen LogP contribution is -2.33. The summed E-state index contributed by atoms with van der Waals surface area (Å²) in [6, 6.07) is 11.1. The fourth-order valence-electron chi connectivity index (χ4n) is 2.20. The maximum atomic E-state index is 12.1. The number of carbonyl (C=O) groups excluding carboxylic acids is 1. The Kier molecular flexibility index (Phi) is 5.23. The fourth-order valence-corrected chi connectivity index (χ4v) is 2.79. The third-order valence-electron chi connectivity index (χ3n) is 3.55. The van der Waals surface area contributed by atoms with Crippen LogP contribution in [0.1, 0.15) is 18.1 Å². The summed E-state index contributed by atoms with van der Waals surface area (Å²) in [5.74, 6) is 1.63. The van der Waals surface area contributed by atoms with Crippen molar-refractivity contribution in [3.05, 3.63) is 52.0 Å². The summed E-state index contributed by atoms with van der Waals surface area (Å²) in [7, 11) is 0. The number of amides is 1. The van der Waals surface area contributed by atoms with Gasteiger partial charge in [-0.15, -0.1) is 0 Å². The van der Waals surface area contributed by atoms with E-state index in [4.69, 9.17) is 14.2 Å². The minimum absolute atomic E-state index is 0.218. The van der Waals surface area contributed by atoms with E-state index in [1.54, 1.807) is 19.1 Å². The molecule has 1 atom stereocenters. The Hall–Kier alpha value is -2.54. The summed E-state index contributed by atoms with van der Waals surface area (Å²) in [5.41, 5.74) is 4.36. The number of carbonyl (C=O) groups is 1. The maximum Gasteiger partial charge on any atom is 0.280 e. The van der Waals surface area contributed by atoms with Crippen LogP contribution in [0.25, 0.3) is 0 Å². The number of hydrogen-bond donors (Lipinski definition) is 1. The van der Waals surface area contributed by atoms with Crippen LogP contribution in [0.2, 0.25) is 0 Å². The molecule has 0 fully saturated rings. The molecule has 0 aliphatic carbocycles. The monoisotopic (exact) mass is 404 g/mol. The highest BCUT2D eigenvalue weighted by atomic mass is 79.9. The second-order valence-corrected chi connectivity index (χ2v) is 6.40. The number of aryl methyl sites for hydroxylation is 1. The van der Waals surface area contributed by atoms with Crippen LogP contribution in [0.3, 0.4) is 0 Å². The first-order chi connectivity index (χ1) is 12.0. The molecule has 7 heteroatoms. The van der Waals surface area contributed by atoms with Gasteiger partial charge >= 0.3 is 0 Å². The molecule has 6 nitrogen and oxygen atoms in total. The number of halogens is 1. The van der Waals surface area contributed by atoms with E-state index < -0.39 is 6.10 Å². The third-order valence-corrected chi connectivity index (χ3v) is 4.17. The van der Waals surface area contributed by atoms with E-state index in [2.05, 4.69) is 26.5 Å². The molecule has 0 saturated carbocycles. The first-order valence-corrected chi connectivity index (χ1v) is 8.47. The van der Waals surface area contributed by atoms with E-state index in [9.17, 15) is 4.79 Å². The van der Waals surface area contributed by atoms with Gasteiger partial charge in [0.25, 0.3) is 5.91 Å². The number of hydrazone groups is 1. The quantitative estimate of drug-likeness (QED) is 0.612. The summed E-state index contributed by atoms with van der Waals surface area (Å²) >= 11 is 3.42. The first kappa shape index (κ1) is 17.3. The van der Waals surface area contributed by atoms with Gasteiger partial charge in [0.15, 0.2) is 17.6 Å². The van der Waals surface area contributed by atoms with E-state index >= 15 is 0 Å². The number of nitrogens with zero attached hydrogens (tertiary/aromatic N) is 1. The van der Waals surface area contributed by atoms with Crippen molar-refractivity contribution in [1.82, 2.24) is 5.43 Å². The predicted molar refractivity (Wildman–Crippen MR) is 97.3 cm³/mol. The van der Waals surface area contributed by atoms with Crippen molar-refractivity contribution in [2.45, 2.75) is 20.0 Å². The van der Waals surface area contributed by atoms with Crippen LogP contribution in [0.15, 0.2) is 46.0 Å². The Morgan fingerprint density at radius 1 is 1.28 bits per heavy atom. The molecule has 0 unspecified atom stereocenters. The van der Waals surface area contributed by atoms with Gasteiger partial charge in [0, 0.05) is 0 Å². The lowest BCUT2D eigenvalue weighted by Gasteiger charge is -2.14. The van der Waals surface area contributed by atoms with Crippen LogP contribution in [-0.4, -0.2) is 25.0 Å². The van der Waals surface area contributed by atoms with Crippen molar-refractivity contribution < 1.29 is 19.0 Å². The van der Waals surface area contributed by atoms with Crippen LogP contribution in [-0.2, 0) is 4.79 Å². The molecule has 0 bridgehead atoms. The average molecular weight is 405 g/mol. The lowest BCUT2D eigenvalue weighted by atomic mass is 10.2.